The molecule has 1 amide bonds. The van der Waals surface area contributed by atoms with Gasteiger partial charge in [0.25, 0.3) is 5.91 Å². The summed E-state index contributed by atoms with van der Waals surface area (Å²) in [7, 11) is 1.81. The van der Waals surface area contributed by atoms with Crippen molar-refractivity contribution in [2.75, 3.05) is 19.0 Å². The molecular formula is C15H23N3O2. The maximum atomic E-state index is 12.3. The largest absolute Gasteiger partial charge is 0.376 e. The molecule has 1 aliphatic rings. The van der Waals surface area contributed by atoms with Gasteiger partial charge in [0.2, 0.25) is 0 Å². The molecule has 2 atom stereocenters. The van der Waals surface area contributed by atoms with Gasteiger partial charge in [-0.15, -0.1) is 0 Å². The molecule has 20 heavy (non-hydrogen) atoms. The van der Waals surface area contributed by atoms with E-state index in [1.165, 1.54) is 0 Å². The zero-order chi connectivity index (χ0) is 14.5. The number of hydrogen-bond acceptors (Lipinski definition) is 4. The lowest BCUT2D eigenvalue weighted by atomic mass is 10.1. The van der Waals surface area contributed by atoms with E-state index < -0.39 is 0 Å². The van der Waals surface area contributed by atoms with Crippen molar-refractivity contribution < 1.29 is 9.53 Å². The van der Waals surface area contributed by atoms with Crippen LogP contribution in [0, 0.1) is 0 Å². The number of aromatic nitrogens is 1. The summed E-state index contributed by atoms with van der Waals surface area (Å²) in [6, 6.07) is 3.76. The van der Waals surface area contributed by atoms with E-state index >= 15 is 0 Å². The fraction of sp³-hybridized carbons (Fsp3) is 0.600. The standard InChI is InChI=1S/C15H23N3O2/c1-4-5-12-8-11(9-14(16-3)17-12)15(19)18-13-6-7-20-10(13)2/h8-10,13H,4-7H2,1-3H3,(H,16,17)(H,18,19). The summed E-state index contributed by atoms with van der Waals surface area (Å²) >= 11 is 0. The Labute approximate surface area is 120 Å². The second kappa shape index (κ2) is 6.70. The predicted molar refractivity (Wildman–Crippen MR) is 79.1 cm³/mol. The molecule has 5 nitrogen and oxygen atoms in total. The molecule has 2 N–H and O–H groups in total. The number of carbonyl (C=O) groups is 1. The molecular weight excluding hydrogens is 254 g/mol. The normalized spacial score (nSPS) is 21.8. The van der Waals surface area contributed by atoms with E-state index in [1.807, 2.05) is 20.0 Å². The third-order valence-corrected chi connectivity index (χ3v) is 3.60. The zero-order valence-corrected chi connectivity index (χ0v) is 12.4. The Bertz CT molecular complexity index is 476. The topological polar surface area (TPSA) is 63.2 Å². The van der Waals surface area contributed by atoms with Gasteiger partial charge in [0.1, 0.15) is 5.82 Å². The van der Waals surface area contributed by atoms with Crippen LogP contribution in [0.3, 0.4) is 0 Å². The molecule has 110 valence electrons. The van der Waals surface area contributed by atoms with Crippen molar-refractivity contribution >= 4 is 11.7 Å². The van der Waals surface area contributed by atoms with E-state index in [4.69, 9.17) is 4.74 Å². The monoisotopic (exact) mass is 277 g/mol. The molecule has 0 saturated carbocycles. The first kappa shape index (κ1) is 14.8. The molecule has 2 rings (SSSR count). The van der Waals surface area contributed by atoms with Gasteiger partial charge in [0.15, 0.2) is 0 Å². The molecule has 5 heteroatoms. The number of hydrogen-bond donors (Lipinski definition) is 2. The average Bonchev–Trinajstić information content (AvgIpc) is 2.84. The van der Waals surface area contributed by atoms with E-state index in [1.54, 1.807) is 6.07 Å². The summed E-state index contributed by atoms with van der Waals surface area (Å²) in [6.07, 6.45) is 2.84. The molecule has 1 aromatic heterocycles. The summed E-state index contributed by atoms with van der Waals surface area (Å²) in [5, 5.41) is 6.05. The first-order chi connectivity index (χ1) is 9.63. The molecule has 1 aliphatic heterocycles. The Morgan fingerprint density at radius 3 is 2.90 bits per heavy atom. The first-order valence-electron chi connectivity index (χ1n) is 7.25. The highest BCUT2D eigenvalue weighted by molar-refractivity contribution is 5.95. The van der Waals surface area contributed by atoms with E-state index in [0.717, 1.165) is 30.8 Å². The van der Waals surface area contributed by atoms with Crippen LogP contribution in [-0.4, -0.2) is 36.7 Å². The van der Waals surface area contributed by atoms with Gasteiger partial charge in [-0.05, 0) is 31.9 Å². The molecule has 0 spiro atoms. The molecule has 0 aromatic carbocycles. The zero-order valence-electron chi connectivity index (χ0n) is 12.4. The fourth-order valence-electron chi connectivity index (χ4n) is 2.40. The maximum Gasteiger partial charge on any atom is 0.251 e. The average molecular weight is 277 g/mol. The van der Waals surface area contributed by atoms with Crippen LogP contribution >= 0.6 is 0 Å². The number of anilines is 1. The minimum absolute atomic E-state index is 0.0522. The smallest absolute Gasteiger partial charge is 0.251 e. The van der Waals surface area contributed by atoms with Crippen LogP contribution < -0.4 is 10.6 Å². The van der Waals surface area contributed by atoms with Gasteiger partial charge in [-0.3, -0.25) is 4.79 Å². The maximum absolute atomic E-state index is 12.3. The summed E-state index contributed by atoms with van der Waals surface area (Å²) in [5.41, 5.74) is 1.60. The Morgan fingerprint density at radius 2 is 2.30 bits per heavy atom. The van der Waals surface area contributed by atoms with Crippen LogP contribution in [-0.2, 0) is 11.2 Å². The van der Waals surface area contributed by atoms with Gasteiger partial charge in [-0.2, -0.15) is 0 Å². The summed E-state index contributed by atoms with van der Waals surface area (Å²) < 4.78 is 5.47. The highest BCUT2D eigenvalue weighted by atomic mass is 16.5. The van der Waals surface area contributed by atoms with E-state index in [0.29, 0.717) is 12.2 Å². The molecule has 1 saturated heterocycles. The van der Waals surface area contributed by atoms with Crippen LogP contribution in [0.1, 0.15) is 42.7 Å². The second-order valence-corrected chi connectivity index (χ2v) is 5.18. The minimum atomic E-state index is -0.0522. The lowest BCUT2D eigenvalue weighted by molar-refractivity contribution is 0.0866. The van der Waals surface area contributed by atoms with Crippen molar-refractivity contribution in [1.29, 1.82) is 0 Å². The predicted octanol–water partition coefficient (Wildman–Crippen LogP) is 1.98. The molecule has 2 heterocycles. The summed E-state index contributed by atoms with van der Waals surface area (Å²) in [6.45, 7) is 4.81. The number of rotatable bonds is 5. The van der Waals surface area contributed by atoms with Crippen LogP contribution in [0.5, 0.6) is 0 Å². The van der Waals surface area contributed by atoms with Crippen LogP contribution in [0.2, 0.25) is 0 Å². The fourth-order valence-corrected chi connectivity index (χ4v) is 2.40. The highest BCUT2D eigenvalue weighted by Gasteiger charge is 2.26. The number of aryl methyl sites for hydroxylation is 1. The van der Waals surface area contributed by atoms with E-state index in [9.17, 15) is 4.79 Å². The first-order valence-corrected chi connectivity index (χ1v) is 7.25. The number of nitrogens with zero attached hydrogens (tertiary/aromatic N) is 1. The van der Waals surface area contributed by atoms with Gasteiger partial charge < -0.3 is 15.4 Å². The lowest BCUT2D eigenvalue weighted by Gasteiger charge is -2.16. The second-order valence-electron chi connectivity index (χ2n) is 5.18. The molecule has 1 fully saturated rings. The van der Waals surface area contributed by atoms with E-state index in [-0.39, 0.29) is 18.1 Å². The molecule has 2 unspecified atom stereocenters. The minimum Gasteiger partial charge on any atom is -0.376 e. The Kier molecular flexibility index (Phi) is 4.95. The van der Waals surface area contributed by atoms with Crippen molar-refractivity contribution in [3.05, 3.63) is 23.4 Å². The molecule has 0 radical (unpaired) electrons. The van der Waals surface area contributed by atoms with Crippen molar-refractivity contribution in [3.8, 4) is 0 Å². The lowest BCUT2D eigenvalue weighted by Crippen LogP contribution is -2.39. The third-order valence-electron chi connectivity index (χ3n) is 3.60. The van der Waals surface area contributed by atoms with Crippen LogP contribution in [0.15, 0.2) is 12.1 Å². The van der Waals surface area contributed by atoms with Gasteiger partial charge in [0.05, 0.1) is 12.1 Å². The van der Waals surface area contributed by atoms with E-state index in [2.05, 4.69) is 22.5 Å². The Morgan fingerprint density at radius 1 is 1.50 bits per heavy atom. The van der Waals surface area contributed by atoms with Crippen molar-refractivity contribution in [3.63, 3.8) is 0 Å². The van der Waals surface area contributed by atoms with Crippen molar-refractivity contribution in [1.82, 2.24) is 10.3 Å². The molecule has 0 bridgehead atoms. The number of carbonyl (C=O) groups excluding carboxylic acids is 1. The number of pyridine rings is 1. The van der Waals surface area contributed by atoms with Gasteiger partial charge >= 0.3 is 0 Å². The Hall–Kier alpha value is -1.62. The number of ether oxygens (including phenoxy) is 1. The quantitative estimate of drug-likeness (QED) is 0.864. The van der Waals surface area contributed by atoms with Crippen molar-refractivity contribution in [2.45, 2.75) is 45.3 Å². The highest BCUT2D eigenvalue weighted by Crippen LogP contribution is 2.15. The number of nitrogens with one attached hydrogen (secondary N) is 2. The molecule has 1 aromatic rings. The van der Waals surface area contributed by atoms with Gasteiger partial charge in [0, 0.05) is 24.9 Å². The van der Waals surface area contributed by atoms with Crippen molar-refractivity contribution in [2.24, 2.45) is 0 Å². The summed E-state index contributed by atoms with van der Waals surface area (Å²) in [4.78, 5) is 16.8. The Balaban J connectivity index is 2.13. The van der Waals surface area contributed by atoms with Crippen LogP contribution in [0.4, 0.5) is 5.82 Å². The van der Waals surface area contributed by atoms with Gasteiger partial charge in [-0.25, -0.2) is 4.98 Å². The molecule has 0 aliphatic carbocycles. The third kappa shape index (κ3) is 3.48. The van der Waals surface area contributed by atoms with Crippen LogP contribution in [0.25, 0.3) is 0 Å². The summed E-state index contributed by atoms with van der Waals surface area (Å²) in [5.74, 6) is 0.681. The number of amides is 1. The SMILES string of the molecule is CCCc1cc(C(=O)NC2CCOC2C)cc(NC)n1. The van der Waals surface area contributed by atoms with Gasteiger partial charge in [-0.1, -0.05) is 13.3 Å².